The van der Waals surface area contributed by atoms with Gasteiger partial charge in [0, 0.05) is 22.4 Å². The summed E-state index contributed by atoms with van der Waals surface area (Å²) < 4.78 is 5.34. The number of hydrogen-bond acceptors (Lipinski definition) is 3. The van der Waals surface area contributed by atoms with Gasteiger partial charge in [-0.15, -0.1) is 0 Å². The number of rotatable bonds is 4. The molecule has 1 amide bonds. The van der Waals surface area contributed by atoms with Crippen molar-refractivity contribution in [3.05, 3.63) is 90.5 Å². The fourth-order valence-corrected chi connectivity index (χ4v) is 3.29. The van der Waals surface area contributed by atoms with Gasteiger partial charge in [-0.25, -0.2) is 0 Å². The number of amides is 1. The normalized spacial score (nSPS) is 10.6. The summed E-state index contributed by atoms with van der Waals surface area (Å²) in [6.45, 7) is 0. The number of phenolic OH excluding ortho intramolecular Hbond substituents is 1. The maximum atomic E-state index is 12.7. The lowest BCUT2D eigenvalue weighted by Crippen LogP contribution is -2.12. The standard InChI is InChI=1S/C24H19NO3/c1-28-18-12-14-22(26)20(15-18)23-19-10-6-5-7-16(19)11-13-21(23)25-24(27)17-8-3-2-4-9-17/h2-15,26H,1H3,(H,25,27). The second kappa shape index (κ2) is 7.45. The summed E-state index contributed by atoms with van der Waals surface area (Å²) in [5, 5.41) is 15.5. The number of carbonyl (C=O) groups is 1. The first-order chi connectivity index (χ1) is 13.7. The Bertz CT molecular complexity index is 1150. The molecule has 4 aromatic rings. The Labute approximate surface area is 163 Å². The molecule has 0 aromatic heterocycles. The molecule has 0 spiro atoms. The zero-order valence-electron chi connectivity index (χ0n) is 15.3. The quantitative estimate of drug-likeness (QED) is 0.501. The Hall–Kier alpha value is -3.79. The number of methoxy groups -OCH3 is 1. The van der Waals surface area contributed by atoms with Gasteiger partial charge in [-0.1, -0.05) is 48.5 Å². The van der Waals surface area contributed by atoms with E-state index in [-0.39, 0.29) is 11.7 Å². The van der Waals surface area contributed by atoms with Gasteiger partial charge in [0.25, 0.3) is 5.91 Å². The third-order valence-corrected chi connectivity index (χ3v) is 4.69. The van der Waals surface area contributed by atoms with Gasteiger partial charge in [-0.2, -0.15) is 0 Å². The highest BCUT2D eigenvalue weighted by molar-refractivity contribution is 6.11. The Balaban J connectivity index is 1.90. The van der Waals surface area contributed by atoms with Crippen LogP contribution < -0.4 is 10.1 Å². The lowest BCUT2D eigenvalue weighted by atomic mass is 9.95. The maximum Gasteiger partial charge on any atom is 0.255 e. The average molecular weight is 369 g/mol. The topological polar surface area (TPSA) is 58.6 Å². The number of carbonyl (C=O) groups excluding carboxylic acids is 1. The van der Waals surface area contributed by atoms with E-state index in [0.717, 1.165) is 16.3 Å². The van der Waals surface area contributed by atoms with Crippen molar-refractivity contribution in [3.63, 3.8) is 0 Å². The maximum absolute atomic E-state index is 12.7. The van der Waals surface area contributed by atoms with E-state index in [4.69, 9.17) is 4.74 Å². The van der Waals surface area contributed by atoms with Crippen LogP contribution >= 0.6 is 0 Å². The van der Waals surface area contributed by atoms with Crippen LogP contribution in [0.25, 0.3) is 21.9 Å². The van der Waals surface area contributed by atoms with Gasteiger partial charge >= 0.3 is 0 Å². The molecule has 0 atom stereocenters. The third kappa shape index (κ3) is 3.28. The van der Waals surface area contributed by atoms with Crippen LogP contribution in [0.3, 0.4) is 0 Å². The van der Waals surface area contributed by atoms with Crippen molar-refractivity contribution in [2.45, 2.75) is 0 Å². The second-order valence-corrected chi connectivity index (χ2v) is 6.41. The molecule has 0 unspecified atom stereocenters. The Morgan fingerprint density at radius 2 is 1.64 bits per heavy atom. The first kappa shape index (κ1) is 17.6. The summed E-state index contributed by atoms with van der Waals surface area (Å²) >= 11 is 0. The highest BCUT2D eigenvalue weighted by Gasteiger charge is 2.17. The van der Waals surface area contributed by atoms with E-state index in [1.165, 1.54) is 0 Å². The number of anilines is 1. The molecular formula is C24H19NO3. The van der Waals surface area contributed by atoms with Crippen molar-refractivity contribution in [1.29, 1.82) is 0 Å². The van der Waals surface area contributed by atoms with Gasteiger partial charge in [0.2, 0.25) is 0 Å². The molecule has 0 aliphatic heterocycles. The molecule has 0 aliphatic rings. The van der Waals surface area contributed by atoms with E-state index in [2.05, 4.69) is 5.32 Å². The van der Waals surface area contributed by atoms with Gasteiger partial charge in [0.05, 0.1) is 7.11 Å². The number of aromatic hydroxyl groups is 1. The number of ether oxygens (including phenoxy) is 1. The SMILES string of the molecule is COc1ccc(O)c(-c2c(NC(=O)c3ccccc3)ccc3ccccc23)c1. The van der Waals surface area contributed by atoms with E-state index in [0.29, 0.717) is 22.6 Å². The fraction of sp³-hybridized carbons (Fsp3) is 0.0417. The molecule has 2 N–H and O–H groups in total. The van der Waals surface area contributed by atoms with E-state index in [1.54, 1.807) is 37.4 Å². The summed E-state index contributed by atoms with van der Waals surface area (Å²) in [6.07, 6.45) is 0. The predicted molar refractivity (Wildman–Crippen MR) is 112 cm³/mol. The zero-order chi connectivity index (χ0) is 19.5. The summed E-state index contributed by atoms with van der Waals surface area (Å²) in [4.78, 5) is 12.7. The molecule has 4 nitrogen and oxygen atoms in total. The van der Waals surface area contributed by atoms with E-state index < -0.39 is 0 Å². The minimum atomic E-state index is -0.209. The lowest BCUT2D eigenvalue weighted by Gasteiger charge is -2.16. The minimum absolute atomic E-state index is 0.118. The van der Waals surface area contributed by atoms with Crippen LogP contribution in [-0.4, -0.2) is 18.1 Å². The largest absolute Gasteiger partial charge is 0.507 e. The predicted octanol–water partition coefficient (Wildman–Crippen LogP) is 5.47. The molecular weight excluding hydrogens is 350 g/mol. The molecule has 4 aromatic carbocycles. The first-order valence-electron chi connectivity index (χ1n) is 8.93. The highest BCUT2D eigenvalue weighted by atomic mass is 16.5. The first-order valence-corrected chi connectivity index (χ1v) is 8.93. The van der Waals surface area contributed by atoms with Crippen LogP contribution in [0.2, 0.25) is 0 Å². The van der Waals surface area contributed by atoms with Crippen LogP contribution in [0.1, 0.15) is 10.4 Å². The minimum Gasteiger partial charge on any atom is -0.507 e. The molecule has 0 bridgehead atoms. The number of benzene rings is 4. The Kier molecular flexibility index (Phi) is 4.68. The van der Waals surface area contributed by atoms with Gasteiger partial charge in [-0.05, 0) is 47.2 Å². The van der Waals surface area contributed by atoms with E-state index in [1.807, 2.05) is 54.6 Å². The van der Waals surface area contributed by atoms with Crippen LogP contribution in [0.15, 0.2) is 84.9 Å². The molecule has 0 heterocycles. The second-order valence-electron chi connectivity index (χ2n) is 6.41. The van der Waals surface area contributed by atoms with Crippen molar-refractivity contribution >= 4 is 22.4 Å². The van der Waals surface area contributed by atoms with Crippen LogP contribution in [0.4, 0.5) is 5.69 Å². The van der Waals surface area contributed by atoms with Crippen molar-refractivity contribution in [1.82, 2.24) is 0 Å². The summed E-state index contributed by atoms with van der Waals surface area (Å²) in [7, 11) is 1.58. The van der Waals surface area contributed by atoms with E-state index in [9.17, 15) is 9.90 Å². The van der Waals surface area contributed by atoms with Crippen LogP contribution in [-0.2, 0) is 0 Å². The van der Waals surface area contributed by atoms with E-state index >= 15 is 0 Å². The molecule has 4 rings (SSSR count). The van der Waals surface area contributed by atoms with Gasteiger partial charge in [0.15, 0.2) is 0 Å². The van der Waals surface area contributed by atoms with Gasteiger partial charge in [-0.3, -0.25) is 4.79 Å². The summed E-state index contributed by atoms with van der Waals surface area (Å²) in [5.74, 6) is 0.535. The number of fused-ring (bicyclic) bond motifs is 1. The Morgan fingerprint density at radius 1 is 0.893 bits per heavy atom. The molecule has 0 radical (unpaired) electrons. The number of phenols is 1. The third-order valence-electron chi connectivity index (χ3n) is 4.69. The monoisotopic (exact) mass is 369 g/mol. The zero-order valence-corrected chi connectivity index (χ0v) is 15.3. The molecule has 0 saturated heterocycles. The number of hydrogen-bond donors (Lipinski definition) is 2. The molecule has 0 aliphatic carbocycles. The fourth-order valence-electron chi connectivity index (χ4n) is 3.29. The van der Waals surface area contributed by atoms with Crippen LogP contribution in [0.5, 0.6) is 11.5 Å². The lowest BCUT2D eigenvalue weighted by molar-refractivity contribution is 0.102. The van der Waals surface area contributed by atoms with Crippen molar-refractivity contribution in [2.24, 2.45) is 0 Å². The molecule has 0 fully saturated rings. The number of nitrogens with one attached hydrogen (secondary N) is 1. The van der Waals surface area contributed by atoms with Crippen molar-refractivity contribution in [3.8, 4) is 22.6 Å². The summed E-state index contributed by atoms with van der Waals surface area (Å²) in [5.41, 5.74) is 2.53. The van der Waals surface area contributed by atoms with Crippen LogP contribution in [0, 0.1) is 0 Å². The molecule has 138 valence electrons. The molecule has 4 heteroatoms. The smallest absolute Gasteiger partial charge is 0.255 e. The summed E-state index contributed by atoms with van der Waals surface area (Å²) in [6, 6.07) is 25.8. The van der Waals surface area contributed by atoms with Crippen molar-refractivity contribution < 1.29 is 14.6 Å². The average Bonchev–Trinajstić information content (AvgIpc) is 2.75. The molecule has 28 heavy (non-hydrogen) atoms. The van der Waals surface area contributed by atoms with Gasteiger partial charge in [0.1, 0.15) is 11.5 Å². The van der Waals surface area contributed by atoms with Crippen molar-refractivity contribution in [2.75, 3.05) is 12.4 Å². The van der Waals surface area contributed by atoms with Gasteiger partial charge < -0.3 is 15.2 Å². The Morgan fingerprint density at radius 3 is 2.43 bits per heavy atom. The highest BCUT2D eigenvalue weighted by Crippen LogP contribution is 2.41. The molecule has 0 saturated carbocycles.